The summed E-state index contributed by atoms with van der Waals surface area (Å²) in [6, 6.07) is 35.8. The summed E-state index contributed by atoms with van der Waals surface area (Å²) in [6.07, 6.45) is 0.866. The van der Waals surface area contributed by atoms with Crippen molar-refractivity contribution in [3.63, 3.8) is 0 Å². The van der Waals surface area contributed by atoms with Gasteiger partial charge in [0.1, 0.15) is 5.82 Å². The summed E-state index contributed by atoms with van der Waals surface area (Å²) in [6.45, 7) is -2.93. The monoisotopic (exact) mass is 480 g/mol. The predicted octanol–water partition coefficient (Wildman–Crippen LogP) is 8.62. The maximum Gasteiger partial charge on any atom is 0.114 e. The zero-order valence-electron chi connectivity index (χ0n) is 24.9. The van der Waals surface area contributed by atoms with Crippen LogP contribution in [0.25, 0.3) is 60.5 Å². The van der Waals surface area contributed by atoms with Crippen molar-refractivity contribution in [3.8, 4) is 27.9 Å². The molecule has 0 saturated heterocycles. The fraction of sp³-hybridized carbons (Fsp3) is 0.0588. The number of aromatic nitrogens is 3. The van der Waals surface area contributed by atoms with Crippen molar-refractivity contribution in [1.29, 1.82) is 0 Å². The van der Waals surface area contributed by atoms with E-state index in [1.165, 1.54) is 0 Å². The molecule has 0 aliphatic rings. The lowest BCUT2D eigenvalue weighted by molar-refractivity contribution is 0.917. The number of hydrogen-bond donors (Lipinski definition) is 0. The van der Waals surface area contributed by atoms with Gasteiger partial charge in [-0.05, 0) is 63.4 Å². The molecular formula is C34H25N3. The molecule has 3 heteroatoms. The first-order chi connectivity index (χ1) is 20.3. The van der Waals surface area contributed by atoms with Crippen molar-refractivity contribution in [2.75, 3.05) is 0 Å². The Bertz CT molecular complexity index is 2060. The Hall–Kier alpha value is -4.76. The summed E-state index contributed by atoms with van der Waals surface area (Å²) in [7, 11) is 0. The smallest absolute Gasteiger partial charge is 0.114 e. The second-order valence-electron chi connectivity index (χ2n) is 9.02. The van der Waals surface area contributed by atoms with Gasteiger partial charge in [-0.1, -0.05) is 85.7 Å². The van der Waals surface area contributed by atoms with Gasteiger partial charge in [0.05, 0.1) is 16.7 Å². The van der Waals surface area contributed by atoms with Crippen LogP contribution in [0.5, 0.6) is 0 Å². The molecule has 0 radical (unpaired) electrons. The highest BCUT2D eigenvalue weighted by Gasteiger charge is 2.20. The van der Waals surface area contributed by atoms with Crippen LogP contribution in [-0.2, 0) is 6.37 Å². The van der Waals surface area contributed by atoms with Crippen LogP contribution in [-0.4, -0.2) is 14.5 Å². The van der Waals surface area contributed by atoms with Gasteiger partial charge in [-0.3, -0.25) is 9.55 Å². The largest absolute Gasteiger partial charge is 0.295 e. The fourth-order valence-corrected chi connectivity index (χ4v) is 5.39. The first-order valence-electron chi connectivity index (χ1n) is 14.7. The van der Waals surface area contributed by atoms with Gasteiger partial charge in [0.25, 0.3) is 0 Å². The van der Waals surface area contributed by atoms with E-state index in [-0.39, 0.29) is 5.82 Å². The van der Waals surface area contributed by atoms with Crippen molar-refractivity contribution in [2.45, 2.75) is 13.2 Å². The molecule has 2 aromatic heterocycles. The Morgan fingerprint density at radius 3 is 2.05 bits per heavy atom. The summed E-state index contributed by atoms with van der Waals surface area (Å²) in [4.78, 5) is 8.75. The molecule has 0 atom stereocenters. The molecule has 176 valence electrons. The van der Waals surface area contributed by atoms with Crippen molar-refractivity contribution in [3.05, 3.63) is 127 Å². The quantitative estimate of drug-likeness (QED) is 0.236. The third-order valence-electron chi connectivity index (χ3n) is 6.96. The molecule has 2 heterocycles. The van der Waals surface area contributed by atoms with E-state index in [1.807, 2.05) is 66.7 Å². The van der Waals surface area contributed by atoms with E-state index in [1.54, 1.807) is 23.0 Å². The van der Waals surface area contributed by atoms with Gasteiger partial charge >= 0.3 is 0 Å². The maximum absolute atomic E-state index is 8.76. The van der Waals surface area contributed by atoms with Gasteiger partial charge in [-0.15, -0.1) is 0 Å². The first kappa shape index (κ1) is 16.8. The van der Waals surface area contributed by atoms with Crippen molar-refractivity contribution >= 4 is 32.6 Å². The van der Waals surface area contributed by atoms with E-state index in [4.69, 9.17) is 6.85 Å². The molecule has 7 rings (SSSR count). The van der Waals surface area contributed by atoms with Gasteiger partial charge in [0.15, 0.2) is 0 Å². The van der Waals surface area contributed by atoms with E-state index in [0.29, 0.717) is 16.7 Å². The number of benzene rings is 5. The minimum atomic E-state index is -2.93. The summed E-state index contributed by atoms with van der Waals surface area (Å²) in [5, 5.41) is 3.67. The molecular weight excluding hydrogens is 450 g/mol. The first-order valence-corrected chi connectivity index (χ1v) is 12.2. The summed E-state index contributed by atoms with van der Waals surface area (Å²) in [5.41, 5.74) is 6.10. The Balaban J connectivity index is 1.61. The summed E-state index contributed by atoms with van der Waals surface area (Å²) < 4.78 is 43.4. The lowest BCUT2D eigenvalue weighted by Gasteiger charge is -2.20. The minimum Gasteiger partial charge on any atom is -0.295 e. The van der Waals surface area contributed by atoms with Crippen LogP contribution >= 0.6 is 0 Å². The maximum atomic E-state index is 8.76. The lowest BCUT2D eigenvalue weighted by atomic mass is 9.89. The molecule has 0 N–H and O–H groups in total. The zero-order chi connectivity index (χ0) is 29.1. The number of rotatable bonds is 4. The fourth-order valence-electron chi connectivity index (χ4n) is 5.39. The van der Waals surface area contributed by atoms with E-state index in [9.17, 15) is 0 Å². The molecule has 0 aliphatic carbocycles. The van der Waals surface area contributed by atoms with Crippen LogP contribution in [0.15, 0.2) is 122 Å². The Morgan fingerprint density at radius 2 is 1.32 bits per heavy atom. The molecule has 0 aliphatic heterocycles. The summed E-state index contributed by atoms with van der Waals surface area (Å²) >= 11 is 0. The third-order valence-corrected chi connectivity index (χ3v) is 6.96. The van der Waals surface area contributed by atoms with Gasteiger partial charge < -0.3 is 0 Å². The number of hydrogen-bond acceptors (Lipinski definition) is 2. The Labute approximate surface area is 222 Å². The van der Waals surface area contributed by atoms with Gasteiger partial charge in [0.2, 0.25) is 0 Å². The SMILES string of the molecule is [2H]C([2H])([2H])C([2H])([2H])c1nc2ccccc2n1-c1c2ccccc2c(-c2cccc(-c3ccncc3)c2)c2ccccc12. The predicted molar refractivity (Wildman–Crippen MR) is 154 cm³/mol. The second kappa shape index (κ2) is 8.72. The molecule has 0 fully saturated rings. The molecule has 3 nitrogen and oxygen atoms in total. The molecule has 7 aromatic rings. The standard InChI is InChI=1S/C34H25N3/c1-2-32-36-30-16-7-8-17-31(30)37(32)34-28-14-5-3-12-26(28)33(27-13-4-6-15-29(27)34)25-11-9-10-24(22-25)23-18-20-35-21-19-23/h3-22H,2H2,1H3/i1D3,2D2. The molecule has 0 bridgehead atoms. The van der Waals surface area contributed by atoms with Gasteiger partial charge in [-0.2, -0.15) is 0 Å². The molecule has 0 spiro atoms. The average molecular weight is 481 g/mol. The third kappa shape index (κ3) is 3.43. The van der Waals surface area contributed by atoms with Crippen LogP contribution in [0.2, 0.25) is 0 Å². The van der Waals surface area contributed by atoms with E-state index < -0.39 is 13.2 Å². The van der Waals surface area contributed by atoms with Crippen molar-refractivity contribution in [1.82, 2.24) is 14.5 Å². The topological polar surface area (TPSA) is 30.7 Å². The number of para-hydroxylation sites is 2. The van der Waals surface area contributed by atoms with Crippen LogP contribution in [0.1, 0.15) is 19.5 Å². The number of aryl methyl sites for hydroxylation is 1. The molecule has 0 unspecified atom stereocenters. The zero-order valence-corrected chi connectivity index (χ0v) is 19.9. The summed E-state index contributed by atoms with van der Waals surface area (Å²) in [5.74, 6) is -0.147. The van der Waals surface area contributed by atoms with Crippen molar-refractivity contribution < 1.29 is 6.85 Å². The number of imidazole rings is 1. The van der Waals surface area contributed by atoms with Crippen molar-refractivity contribution in [2.24, 2.45) is 0 Å². The lowest BCUT2D eigenvalue weighted by Crippen LogP contribution is -2.03. The molecule has 5 aromatic carbocycles. The van der Waals surface area contributed by atoms with Crippen LogP contribution in [0, 0.1) is 0 Å². The van der Waals surface area contributed by atoms with Gasteiger partial charge in [0, 0.05) is 36.4 Å². The number of pyridine rings is 1. The van der Waals surface area contributed by atoms with E-state index in [2.05, 4.69) is 46.4 Å². The van der Waals surface area contributed by atoms with Gasteiger partial charge in [-0.25, -0.2) is 4.98 Å². The molecule has 0 saturated carbocycles. The molecule has 0 amide bonds. The second-order valence-corrected chi connectivity index (χ2v) is 9.02. The Kier molecular flexibility index (Phi) is 3.97. The molecule has 37 heavy (non-hydrogen) atoms. The highest BCUT2D eigenvalue weighted by Crippen LogP contribution is 2.42. The van der Waals surface area contributed by atoms with Crippen LogP contribution in [0.3, 0.4) is 0 Å². The minimum absolute atomic E-state index is 0.147. The normalized spacial score (nSPS) is 14.2. The van der Waals surface area contributed by atoms with Crippen LogP contribution < -0.4 is 0 Å². The van der Waals surface area contributed by atoms with Crippen LogP contribution in [0.4, 0.5) is 0 Å². The Morgan fingerprint density at radius 1 is 0.676 bits per heavy atom. The average Bonchev–Trinajstić information content (AvgIpc) is 3.40. The highest BCUT2D eigenvalue weighted by molar-refractivity contribution is 6.18. The number of fused-ring (bicyclic) bond motifs is 3. The number of nitrogens with zero attached hydrogens (tertiary/aromatic N) is 3. The van der Waals surface area contributed by atoms with E-state index in [0.717, 1.165) is 43.8 Å². The highest BCUT2D eigenvalue weighted by atomic mass is 15.1. The van der Waals surface area contributed by atoms with E-state index >= 15 is 0 Å².